The Hall–Kier alpha value is -3.76. The summed E-state index contributed by atoms with van der Waals surface area (Å²) in [6.45, 7) is 3.46. The van der Waals surface area contributed by atoms with Crippen molar-refractivity contribution in [2.75, 3.05) is 31.6 Å². The van der Waals surface area contributed by atoms with Crippen LogP contribution in [-0.2, 0) is 26.2 Å². The Morgan fingerprint density at radius 2 is 1.65 bits per heavy atom. The molecule has 0 unspecified atom stereocenters. The van der Waals surface area contributed by atoms with Gasteiger partial charge in [-0.05, 0) is 55.3 Å². The highest BCUT2D eigenvalue weighted by atomic mass is 35.5. The Bertz CT molecular complexity index is 1420. The van der Waals surface area contributed by atoms with Gasteiger partial charge in [-0.2, -0.15) is 0 Å². The number of benzene rings is 3. The summed E-state index contributed by atoms with van der Waals surface area (Å²) in [5.74, 6) is -0.225. The summed E-state index contributed by atoms with van der Waals surface area (Å²) in [4.78, 5) is 28.2. The summed E-state index contributed by atoms with van der Waals surface area (Å²) < 4.78 is 39.5. The van der Waals surface area contributed by atoms with Gasteiger partial charge in [-0.25, -0.2) is 8.42 Å². The number of nitrogens with zero attached hydrogens (tertiary/aromatic N) is 2. The Morgan fingerprint density at radius 3 is 2.27 bits per heavy atom. The van der Waals surface area contributed by atoms with E-state index in [1.54, 1.807) is 55.5 Å². The van der Waals surface area contributed by atoms with E-state index in [-0.39, 0.29) is 23.0 Å². The molecule has 3 aromatic rings. The molecule has 0 aliphatic carbocycles. The van der Waals surface area contributed by atoms with Gasteiger partial charge in [-0.3, -0.25) is 13.9 Å². The molecule has 3 rings (SSSR count). The fourth-order valence-electron chi connectivity index (χ4n) is 4.04. The van der Waals surface area contributed by atoms with E-state index in [9.17, 15) is 18.0 Å². The molecule has 11 heteroatoms. The topological polar surface area (TPSA) is 105 Å². The van der Waals surface area contributed by atoms with Crippen molar-refractivity contribution < 1.29 is 27.5 Å². The van der Waals surface area contributed by atoms with Crippen LogP contribution in [0.15, 0.2) is 77.7 Å². The Balaban J connectivity index is 2.06. The van der Waals surface area contributed by atoms with Gasteiger partial charge in [0.1, 0.15) is 12.6 Å². The SMILES string of the molecule is CCCNC(=O)[C@@H](C)N(Cc1cccc(Cl)c1)C(=O)CN(c1ccc(OC)c(OC)c1)S(=O)(=O)c1ccccc1. The largest absolute Gasteiger partial charge is 0.493 e. The molecule has 2 amide bonds. The molecule has 0 aromatic heterocycles. The van der Waals surface area contributed by atoms with Crippen LogP contribution >= 0.6 is 11.6 Å². The summed E-state index contributed by atoms with van der Waals surface area (Å²) in [6.07, 6.45) is 0.725. The fourth-order valence-corrected chi connectivity index (χ4v) is 5.68. The first kappa shape index (κ1) is 30.8. The number of hydrogen-bond donors (Lipinski definition) is 1. The van der Waals surface area contributed by atoms with Crippen molar-refractivity contribution in [3.8, 4) is 11.5 Å². The quantitative estimate of drug-likeness (QED) is 0.316. The number of rotatable bonds is 13. The van der Waals surface area contributed by atoms with E-state index in [0.717, 1.165) is 10.7 Å². The lowest BCUT2D eigenvalue weighted by Crippen LogP contribution is -2.51. The number of carbonyl (C=O) groups is 2. The lowest BCUT2D eigenvalue weighted by atomic mass is 10.1. The second-order valence-electron chi connectivity index (χ2n) is 8.98. The number of halogens is 1. The molecule has 40 heavy (non-hydrogen) atoms. The predicted octanol–water partition coefficient (Wildman–Crippen LogP) is 4.50. The molecule has 1 atom stereocenters. The van der Waals surface area contributed by atoms with Gasteiger partial charge in [0.25, 0.3) is 10.0 Å². The van der Waals surface area contributed by atoms with Crippen LogP contribution in [-0.4, -0.2) is 58.5 Å². The maximum Gasteiger partial charge on any atom is 0.264 e. The minimum Gasteiger partial charge on any atom is -0.493 e. The molecule has 9 nitrogen and oxygen atoms in total. The zero-order valence-electron chi connectivity index (χ0n) is 23.0. The smallest absolute Gasteiger partial charge is 0.264 e. The summed E-state index contributed by atoms with van der Waals surface area (Å²) in [7, 11) is -1.29. The minimum absolute atomic E-state index is 0.00714. The average molecular weight is 588 g/mol. The van der Waals surface area contributed by atoms with Crippen molar-refractivity contribution in [3.63, 3.8) is 0 Å². The zero-order chi connectivity index (χ0) is 29.3. The average Bonchev–Trinajstić information content (AvgIpc) is 2.96. The molecule has 0 spiro atoms. The second-order valence-corrected chi connectivity index (χ2v) is 11.3. The number of carbonyl (C=O) groups excluding carboxylic acids is 2. The van der Waals surface area contributed by atoms with E-state index < -0.39 is 28.5 Å². The van der Waals surface area contributed by atoms with E-state index in [2.05, 4.69) is 5.32 Å². The van der Waals surface area contributed by atoms with Gasteiger partial charge in [0.2, 0.25) is 11.8 Å². The third kappa shape index (κ3) is 7.45. The molecule has 3 aromatic carbocycles. The van der Waals surface area contributed by atoms with Crippen LogP contribution in [0.3, 0.4) is 0 Å². The molecule has 0 fully saturated rings. The first-order chi connectivity index (χ1) is 19.1. The molecule has 0 saturated carbocycles. The van der Waals surface area contributed by atoms with Crippen LogP contribution in [0, 0.1) is 0 Å². The van der Waals surface area contributed by atoms with Gasteiger partial charge >= 0.3 is 0 Å². The third-order valence-corrected chi connectivity index (χ3v) is 8.25. The van der Waals surface area contributed by atoms with E-state index in [4.69, 9.17) is 21.1 Å². The Morgan fingerprint density at radius 1 is 0.950 bits per heavy atom. The van der Waals surface area contributed by atoms with Crippen molar-refractivity contribution in [1.82, 2.24) is 10.2 Å². The highest BCUT2D eigenvalue weighted by Gasteiger charge is 2.33. The van der Waals surface area contributed by atoms with Gasteiger partial charge < -0.3 is 19.7 Å². The van der Waals surface area contributed by atoms with Crippen LogP contribution in [0.1, 0.15) is 25.8 Å². The number of sulfonamides is 1. The number of methoxy groups -OCH3 is 2. The van der Waals surface area contributed by atoms with Crippen molar-refractivity contribution in [1.29, 1.82) is 0 Å². The van der Waals surface area contributed by atoms with Gasteiger partial charge in [0.05, 0.1) is 24.8 Å². The molecule has 0 heterocycles. The van der Waals surface area contributed by atoms with Crippen LogP contribution in [0.5, 0.6) is 11.5 Å². The van der Waals surface area contributed by atoms with E-state index in [0.29, 0.717) is 28.6 Å². The standard InChI is InChI=1S/C29H34ClN3O6S/c1-5-16-31-29(35)21(2)32(19-22-10-9-11-23(30)17-22)28(34)20-33(40(36,37)25-12-7-6-8-13-25)24-14-15-26(38-3)27(18-24)39-4/h6-15,17-18,21H,5,16,19-20H2,1-4H3,(H,31,35)/t21-/m1/s1. The lowest BCUT2D eigenvalue weighted by molar-refractivity contribution is -0.139. The van der Waals surface area contributed by atoms with Crippen LogP contribution in [0.2, 0.25) is 5.02 Å². The molecule has 1 N–H and O–H groups in total. The lowest BCUT2D eigenvalue weighted by Gasteiger charge is -2.32. The highest BCUT2D eigenvalue weighted by Crippen LogP contribution is 2.34. The maximum atomic E-state index is 13.9. The molecule has 0 bridgehead atoms. The van der Waals surface area contributed by atoms with Gasteiger partial charge in [-0.1, -0.05) is 48.9 Å². The zero-order valence-corrected chi connectivity index (χ0v) is 24.5. The monoisotopic (exact) mass is 587 g/mol. The predicted molar refractivity (Wildman–Crippen MR) is 155 cm³/mol. The summed E-state index contributed by atoms with van der Waals surface area (Å²) >= 11 is 6.17. The number of hydrogen-bond acceptors (Lipinski definition) is 6. The first-order valence-electron chi connectivity index (χ1n) is 12.7. The molecule has 214 valence electrons. The summed E-state index contributed by atoms with van der Waals surface area (Å²) in [5, 5.41) is 3.29. The number of anilines is 1. The molecular weight excluding hydrogens is 554 g/mol. The molecule has 0 radical (unpaired) electrons. The number of ether oxygens (including phenoxy) is 2. The second kappa shape index (κ2) is 14.0. The molecular formula is C29H34ClN3O6S. The molecule has 0 saturated heterocycles. The van der Waals surface area contributed by atoms with Crippen LogP contribution in [0.4, 0.5) is 5.69 Å². The van der Waals surface area contributed by atoms with E-state index in [1.807, 2.05) is 6.92 Å². The first-order valence-corrected chi connectivity index (χ1v) is 14.6. The van der Waals surface area contributed by atoms with Gasteiger partial charge in [0.15, 0.2) is 11.5 Å². The highest BCUT2D eigenvalue weighted by molar-refractivity contribution is 7.92. The fraction of sp³-hybridized carbons (Fsp3) is 0.310. The van der Waals surface area contributed by atoms with Crippen molar-refractivity contribution in [3.05, 3.63) is 83.4 Å². The summed E-state index contributed by atoms with van der Waals surface area (Å²) in [6, 6.07) is 18.5. The van der Waals surface area contributed by atoms with E-state index in [1.165, 1.54) is 43.4 Å². The minimum atomic E-state index is -4.20. The molecule has 0 aliphatic heterocycles. The Labute approximate surface area is 240 Å². The van der Waals surface area contributed by atoms with Crippen LogP contribution < -0.4 is 19.1 Å². The summed E-state index contributed by atoms with van der Waals surface area (Å²) in [5.41, 5.74) is 0.889. The van der Waals surface area contributed by atoms with Gasteiger partial charge in [0, 0.05) is 24.2 Å². The number of amides is 2. The van der Waals surface area contributed by atoms with Crippen LogP contribution in [0.25, 0.3) is 0 Å². The maximum absolute atomic E-state index is 13.9. The van der Waals surface area contributed by atoms with Crippen molar-refractivity contribution in [2.45, 2.75) is 37.8 Å². The normalized spacial score (nSPS) is 11.8. The van der Waals surface area contributed by atoms with E-state index >= 15 is 0 Å². The van der Waals surface area contributed by atoms with Gasteiger partial charge in [-0.15, -0.1) is 0 Å². The van der Waals surface area contributed by atoms with Crippen molar-refractivity contribution in [2.24, 2.45) is 0 Å². The molecule has 0 aliphatic rings. The Kier molecular flexibility index (Phi) is 10.8. The van der Waals surface area contributed by atoms with Crippen molar-refractivity contribution >= 4 is 39.1 Å². The number of nitrogens with one attached hydrogen (secondary N) is 1. The third-order valence-electron chi connectivity index (χ3n) is 6.22.